The monoisotopic (exact) mass is 416 g/mol. The molecule has 0 radical (unpaired) electrons. The summed E-state index contributed by atoms with van der Waals surface area (Å²) in [6.45, 7) is 8.37. The molecular formula is C27H32N2O2. The normalized spacial score (nSPS) is 20.7. The molecule has 1 aliphatic heterocycles. The van der Waals surface area contributed by atoms with Gasteiger partial charge in [-0.15, -0.1) is 0 Å². The van der Waals surface area contributed by atoms with Crippen molar-refractivity contribution >= 4 is 23.1 Å². The number of Topliss-reactive ketones (excluding diaryl/α,β-unsaturated/α-hetero) is 1. The van der Waals surface area contributed by atoms with Crippen LogP contribution in [0.2, 0.25) is 0 Å². The van der Waals surface area contributed by atoms with Crippen LogP contribution < -0.4 is 9.80 Å². The third kappa shape index (κ3) is 3.91. The zero-order chi connectivity index (χ0) is 22.5. The maximum absolute atomic E-state index is 13.5. The summed E-state index contributed by atoms with van der Waals surface area (Å²) >= 11 is 0. The number of hydrogen-bond acceptors (Lipinski definition) is 3. The highest BCUT2D eigenvalue weighted by Crippen LogP contribution is 2.48. The van der Waals surface area contributed by atoms with Gasteiger partial charge in [0.2, 0.25) is 5.91 Å². The Morgan fingerprint density at radius 2 is 1.61 bits per heavy atom. The molecule has 2 aromatic carbocycles. The SMILES string of the molecule is Cc1ccc(N2C(=O)CC(c3ccc(N(C)C)cc3)C3=C2CC(C)(C)CC3=O)cc1C. The number of carbonyl (C=O) groups excluding carboxylic acids is 2. The number of benzene rings is 2. The van der Waals surface area contributed by atoms with Crippen molar-refractivity contribution < 1.29 is 9.59 Å². The van der Waals surface area contributed by atoms with Crippen LogP contribution in [0.1, 0.15) is 55.7 Å². The third-order valence-corrected chi connectivity index (χ3v) is 6.70. The molecule has 31 heavy (non-hydrogen) atoms. The smallest absolute Gasteiger partial charge is 0.232 e. The Labute approximate surface area is 185 Å². The molecule has 1 amide bonds. The van der Waals surface area contributed by atoms with Crippen LogP contribution in [0.4, 0.5) is 11.4 Å². The maximum Gasteiger partial charge on any atom is 0.232 e. The molecule has 4 heteroatoms. The Kier molecular flexibility index (Phi) is 5.28. The topological polar surface area (TPSA) is 40.6 Å². The Hall–Kier alpha value is -2.88. The first-order valence-corrected chi connectivity index (χ1v) is 11.0. The molecule has 1 atom stereocenters. The van der Waals surface area contributed by atoms with E-state index in [2.05, 4.69) is 69.0 Å². The molecule has 0 fully saturated rings. The minimum absolute atomic E-state index is 0.0641. The van der Waals surface area contributed by atoms with Gasteiger partial charge in [-0.05, 0) is 66.6 Å². The van der Waals surface area contributed by atoms with E-state index in [1.165, 1.54) is 5.56 Å². The number of hydrogen-bond donors (Lipinski definition) is 0. The van der Waals surface area contributed by atoms with Gasteiger partial charge in [-0.25, -0.2) is 0 Å². The lowest BCUT2D eigenvalue weighted by Crippen LogP contribution is -2.43. The van der Waals surface area contributed by atoms with Gasteiger partial charge in [0.25, 0.3) is 0 Å². The van der Waals surface area contributed by atoms with Gasteiger partial charge in [0, 0.05) is 55.5 Å². The first kappa shape index (κ1) is 21.4. The Bertz CT molecular complexity index is 1080. The number of rotatable bonds is 3. The lowest BCUT2D eigenvalue weighted by molar-refractivity contribution is -0.121. The Balaban J connectivity index is 1.86. The standard InChI is InChI=1S/C27H32N2O2/c1-17-7-10-21(13-18(17)2)29-23-15-27(3,4)16-24(30)26(23)22(14-25(29)31)19-8-11-20(12-9-19)28(5)6/h7-13,22H,14-16H2,1-6H3. The molecule has 0 N–H and O–H groups in total. The van der Waals surface area contributed by atoms with Gasteiger partial charge in [0.05, 0.1) is 0 Å². The highest BCUT2D eigenvalue weighted by Gasteiger charge is 2.44. The number of aryl methyl sites for hydroxylation is 2. The van der Waals surface area contributed by atoms with E-state index in [0.29, 0.717) is 12.8 Å². The van der Waals surface area contributed by atoms with Gasteiger partial charge in [-0.3, -0.25) is 14.5 Å². The molecule has 0 bridgehead atoms. The van der Waals surface area contributed by atoms with Crippen LogP contribution in [0.25, 0.3) is 0 Å². The summed E-state index contributed by atoms with van der Waals surface area (Å²) in [4.78, 5) is 30.8. The van der Waals surface area contributed by atoms with E-state index in [-0.39, 0.29) is 23.0 Å². The fourth-order valence-corrected chi connectivity index (χ4v) is 4.87. The van der Waals surface area contributed by atoms with Crippen LogP contribution in [0, 0.1) is 19.3 Å². The lowest BCUT2D eigenvalue weighted by Gasteiger charge is -2.43. The first-order chi connectivity index (χ1) is 14.6. The third-order valence-electron chi connectivity index (χ3n) is 6.70. The number of nitrogens with zero attached hydrogens (tertiary/aromatic N) is 2. The molecule has 4 nitrogen and oxygen atoms in total. The number of ketones is 1. The molecule has 1 unspecified atom stereocenters. The van der Waals surface area contributed by atoms with Crippen LogP contribution in [0.15, 0.2) is 53.7 Å². The van der Waals surface area contributed by atoms with Crippen molar-refractivity contribution in [3.63, 3.8) is 0 Å². The summed E-state index contributed by atoms with van der Waals surface area (Å²) in [5.41, 5.74) is 6.92. The van der Waals surface area contributed by atoms with E-state index < -0.39 is 0 Å². The zero-order valence-electron chi connectivity index (χ0n) is 19.5. The molecule has 162 valence electrons. The summed E-state index contributed by atoms with van der Waals surface area (Å²) < 4.78 is 0. The van der Waals surface area contributed by atoms with E-state index in [9.17, 15) is 9.59 Å². The maximum atomic E-state index is 13.5. The molecule has 2 aliphatic rings. The average molecular weight is 417 g/mol. The fraction of sp³-hybridized carbons (Fsp3) is 0.407. The quantitative estimate of drug-likeness (QED) is 0.660. The van der Waals surface area contributed by atoms with Crippen LogP contribution in [0.5, 0.6) is 0 Å². The zero-order valence-corrected chi connectivity index (χ0v) is 19.5. The van der Waals surface area contributed by atoms with Crippen molar-refractivity contribution in [2.75, 3.05) is 23.9 Å². The van der Waals surface area contributed by atoms with Gasteiger partial charge in [-0.1, -0.05) is 32.0 Å². The second-order valence-electron chi connectivity index (χ2n) is 10.0. The number of amides is 1. The van der Waals surface area contributed by atoms with Crippen LogP contribution in [0.3, 0.4) is 0 Å². The predicted octanol–water partition coefficient (Wildman–Crippen LogP) is 5.53. The van der Waals surface area contributed by atoms with E-state index in [4.69, 9.17) is 0 Å². The van der Waals surface area contributed by atoms with Crippen molar-refractivity contribution in [1.29, 1.82) is 0 Å². The molecule has 4 rings (SSSR count). The highest BCUT2D eigenvalue weighted by atomic mass is 16.2. The highest BCUT2D eigenvalue weighted by molar-refractivity contribution is 6.07. The van der Waals surface area contributed by atoms with Gasteiger partial charge in [0.15, 0.2) is 5.78 Å². The van der Waals surface area contributed by atoms with Crippen molar-refractivity contribution in [1.82, 2.24) is 0 Å². The fourth-order valence-electron chi connectivity index (χ4n) is 4.87. The second kappa shape index (κ2) is 7.67. The van der Waals surface area contributed by atoms with E-state index in [1.807, 2.05) is 25.1 Å². The second-order valence-corrected chi connectivity index (χ2v) is 10.0. The van der Waals surface area contributed by atoms with Crippen LogP contribution in [-0.4, -0.2) is 25.8 Å². The largest absolute Gasteiger partial charge is 0.378 e. The number of allylic oxidation sites excluding steroid dienone is 2. The molecule has 1 aliphatic carbocycles. The minimum Gasteiger partial charge on any atom is -0.378 e. The molecule has 0 aromatic heterocycles. The lowest BCUT2D eigenvalue weighted by atomic mass is 9.69. The first-order valence-electron chi connectivity index (χ1n) is 11.0. The minimum atomic E-state index is -0.176. The molecular weight excluding hydrogens is 384 g/mol. The Morgan fingerprint density at radius 3 is 2.23 bits per heavy atom. The predicted molar refractivity (Wildman–Crippen MR) is 127 cm³/mol. The van der Waals surface area contributed by atoms with Gasteiger partial charge in [-0.2, -0.15) is 0 Å². The summed E-state index contributed by atoms with van der Waals surface area (Å²) in [5, 5.41) is 0. The molecule has 0 saturated carbocycles. The Morgan fingerprint density at radius 1 is 0.935 bits per heavy atom. The van der Waals surface area contributed by atoms with E-state index in [0.717, 1.165) is 40.2 Å². The summed E-state index contributed by atoms with van der Waals surface area (Å²) in [7, 11) is 4.02. The van der Waals surface area contributed by atoms with E-state index in [1.54, 1.807) is 0 Å². The summed E-state index contributed by atoms with van der Waals surface area (Å²) in [6, 6.07) is 14.4. The molecule has 0 spiro atoms. The van der Waals surface area contributed by atoms with Gasteiger partial charge < -0.3 is 4.90 Å². The molecule has 2 aromatic rings. The van der Waals surface area contributed by atoms with Crippen LogP contribution in [-0.2, 0) is 9.59 Å². The van der Waals surface area contributed by atoms with Crippen molar-refractivity contribution in [3.05, 3.63) is 70.4 Å². The average Bonchev–Trinajstić information content (AvgIpc) is 2.68. The van der Waals surface area contributed by atoms with E-state index >= 15 is 0 Å². The molecule has 1 heterocycles. The van der Waals surface area contributed by atoms with Crippen LogP contribution >= 0.6 is 0 Å². The van der Waals surface area contributed by atoms with Gasteiger partial charge >= 0.3 is 0 Å². The van der Waals surface area contributed by atoms with Crippen molar-refractivity contribution in [2.24, 2.45) is 5.41 Å². The number of anilines is 2. The number of carbonyl (C=O) groups is 2. The van der Waals surface area contributed by atoms with Crippen molar-refractivity contribution in [2.45, 2.75) is 52.9 Å². The van der Waals surface area contributed by atoms with Crippen molar-refractivity contribution in [3.8, 4) is 0 Å². The molecule has 0 saturated heterocycles. The summed E-state index contributed by atoms with van der Waals surface area (Å²) in [6.07, 6.45) is 1.56. The summed E-state index contributed by atoms with van der Waals surface area (Å²) in [5.74, 6) is 0.0635. The van der Waals surface area contributed by atoms with Gasteiger partial charge in [0.1, 0.15) is 0 Å².